The molecule has 0 radical (unpaired) electrons. The van der Waals surface area contributed by atoms with E-state index in [0.717, 1.165) is 17.7 Å². The third-order valence-electron chi connectivity index (χ3n) is 3.58. The average molecular weight is 287 g/mol. The van der Waals surface area contributed by atoms with Gasteiger partial charge in [-0.2, -0.15) is 0 Å². The molecule has 20 heavy (non-hydrogen) atoms. The minimum Gasteiger partial charge on any atom is -0.492 e. The van der Waals surface area contributed by atoms with E-state index < -0.39 is 0 Å². The van der Waals surface area contributed by atoms with E-state index in [1.165, 1.54) is 4.88 Å². The Kier molecular flexibility index (Phi) is 3.74. The Bertz CT molecular complexity index is 594. The van der Waals surface area contributed by atoms with Gasteiger partial charge < -0.3 is 10.1 Å². The highest BCUT2D eigenvalue weighted by molar-refractivity contribution is 7.10. The summed E-state index contributed by atoms with van der Waals surface area (Å²) in [6.45, 7) is 2.47. The van der Waals surface area contributed by atoms with E-state index in [1.807, 2.05) is 48.7 Å². The van der Waals surface area contributed by atoms with Gasteiger partial charge in [-0.15, -0.1) is 11.3 Å². The molecule has 0 saturated heterocycles. The number of hydrogen-bond donors (Lipinski definition) is 1. The van der Waals surface area contributed by atoms with Gasteiger partial charge in [-0.3, -0.25) is 4.79 Å². The van der Waals surface area contributed by atoms with Crippen molar-refractivity contribution in [3.63, 3.8) is 0 Å². The molecule has 1 amide bonds. The number of fused-ring (bicyclic) bond motifs is 1. The Morgan fingerprint density at radius 3 is 3.00 bits per heavy atom. The Morgan fingerprint density at radius 2 is 2.20 bits per heavy atom. The zero-order valence-electron chi connectivity index (χ0n) is 11.3. The first kappa shape index (κ1) is 13.2. The standard InChI is InChI=1S/C16H17NO2S/c1-11(15-7-4-8-20-15)17-16(18)13-9-12-5-2-3-6-14(12)19-10-13/h2-8,11,13H,9-10H2,1H3,(H,17,18)/t11-,13+/m0/s1. The summed E-state index contributed by atoms with van der Waals surface area (Å²) in [5.41, 5.74) is 1.11. The van der Waals surface area contributed by atoms with Gasteiger partial charge in [0.1, 0.15) is 12.4 Å². The molecule has 0 fully saturated rings. The van der Waals surface area contributed by atoms with Gasteiger partial charge in [-0.25, -0.2) is 0 Å². The Balaban J connectivity index is 1.64. The second-order valence-corrected chi connectivity index (χ2v) is 6.04. The minimum atomic E-state index is -0.104. The van der Waals surface area contributed by atoms with Crippen LogP contribution in [-0.4, -0.2) is 12.5 Å². The maximum absolute atomic E-state index is 12.3. The van der Waals surface area contributed by atoms with E-state index in [-0.39, 0.29) is 17.9 Å². The van der Waals surface area contributed by atoms with Crippen LogP contribution in [0.5, 0.6) is 5.75 Å². The Labute approximate surface area is 122 Å². The lowest BCUT2D eigenvalue weighted by molar-refractivity contribution is -0.126. The summed E-state index contributed by atoms with van der Waals surface area (Å²) < 4.78 is 5.67. The number of ether oxygens (including phenoxy) is 1. The molecule has 3 nitrogen and oxygen atoms in total. The van der Waals surface area contributed by atoms with Crippen molar-refractivity contribution in [1.82, 2.24) is 5.32 Å². The van der Waals surface area contributed by atoms with Crippen LogP contribution in [0.4, 0.5) is 0 Å². The van der Waals surface area contributed by atoms with E-state index in [0.29, 0.717) is 6.61 Å². The molecule has 1 aromatic carbocycles. The normalized spacial score (nSPS) is 18.8. The first-order valence-corrected chi connectivity index (χ1v) is 7.66. The van der Waals surface area contributed by atoms with E-state index >= 15 is 0 Å². The molecule has 0 saturated carbocycles. The molecule has 3 rings (SSSR count). The SMILES string of the molecule is C[C@H](NC(=O)[C@H]1COc2ccccc2C1)c1cccs1. The molecule has 104 valence electrons. The predicted octanol–water partition coefficient (Wildman–Crippen LogP) is 3.18. The first-order chi connectivity index (χ1) is 9.74. The van der Waals surface area contributed by atoms with Gasteiger partial charge in [-0.1, -0.05) is 24.3 Å². The molecule has 1 aliphatic rings. The molecule has 0 aliphatic carbocycles. The van der Waals surface area contributed by atoms with E-state index in [1.54, 1.807) is 11.3 Å². The topological polar surface area (TPSA) is 38.3 Å². The van der Waals surface area contributed by atoms with Crippen molar-refractivity contribution in [1.29, 1.82) is 0 Å². The maximum atomic E-state index is 12.3. The van der Waals surface area contributed by atoms with Crippen LogP contribution in [0.25, 0.3) is 0 Å². The van der Waals surface area contributed by atoms with Gasteiger partial charge in [-0.05, 0) is 36.4 Å². The number of nitrogens with one attached hydrogen (secondary N) is 1. The Hall–Kier alpha value is -1.81. The number of carbonyl (C=O) groups excluding carboxylic acids is 1. The highest BCUT2D eigenvalue weighted by Gasteiger charge is 2.26. The number of carbonyl (C=O) groups is 1. The highest BCUT2D eigenvalue weighted by Crippen LogP contribution is 2.27. The van der Waals surface area contributed by atoms with Gasteiger partial charge in [0, 0.05) is 4.88 Å². The number of para-hydroxylation sites is 1. The van der Waals surface area contributed by atoms with Crippen molar-refractivity contribution in [3.8, 4) is 5.75 Å². The fraction of sp³-hybridized carbons (Fsp3) is 0.312. The van der Waals surface area contributed by atoms with Gasteiger partial charge in [0.25, 0.3) is 0 Å². The molecule has 1 N–H and O–H groups in total. The van der Waals surface area contributed by atoms with Crippen LogP contribution in [0.15, 0.2) is 41.8 Å². The Morgan fingerprint density at radius 1 is 1.35 bits per heavy atom. The minimum absolute atomic E-state index is 0.0553. The second-order valence-electron chi connectivity index (χ2n) is 5.07. The number of rotatable bonds is 3. The average Bonchev–Trinajstić information content (AvgIpc) is 3.01. The fourth-order valence-corrected chi connectivity index (χ4v) is 3.17. The number of amides is 1. The molecule has 1 aromatic heterocycles. The summed E-state index contributed by atoms with van der Waals surface area (Å²) in [6.07, 6.45) is 0.749. The molecule has 1 aliphatic heterocycles. The second kappa shape index (κ2) is 5.67. The fourth-order valence-electron chi connectivity index (χ4n) is 2.44. The monoisotopic (exact) mass is 287 g/mol. The van der Waals surface area contributed by atoms with Crippen LogP contribution in [0, 0.1) is 5.92 Å². The summed E-state index contributed by atoms with van der Waals surface area (Å²) in [6, 6.07) is 12.0. The van der Waals surface area contributed by atoms with Gasteiger partial charge >= 0.3 is 0 Å². The molecule has 2 atom stereocenters. The molecule has 0 spiro atoms. The van der Waals surface area contributed by atoms with Crippen molar-refractivity contribution in [2.45, 2.75) is 19.4 Å². The first-order valence-electron chi connectivity index (χ1n) is 6.78. The van der Waals surface area contributed by atoms with Crippen molar-refractivity contribution < 1.29 is 9.53 Å². The summed E-state index contributed by atoms with van der Waals surface area (Å²) in [5, 5.41) is 5.10. The molecule has 0 unspecified atom stereocenters. The van der Waals surface area contributed by atoms with Gasteiger partial charge in [0.05, 0.1) is 12.0 Å². The third-order valence-corrected chi connectivity index (χ3v) is 4.63. The van der Waals surface area contributed by atoms with Gasteiger partial charge in [0.2, 0.25) is 5.91 Å². The molecule has 2 aromatic rings. The lowest BCUT2D eigenvalue weighted by atomic mass is 9.96. The van der Waals surface area contributed by atoms with Gasteiger partial charge in [0.15, 0.2) is 0 Å². The molecule has 2 heterocycles. The van der Waals surface area contributed by atoms with Crippen molar-refractivity contribution in [2.75, 3.05) is 6.61 Å². The zero-order chi connectivity index (χ0) is 13.9. The summed E-state index contributed by atoms with van der Waals surface area (Å²) >= 11 is 1.66. The molecule has 0 bridgehead atoms. The summed E-state index contributed by atoms with van der Waals surface area (Å²) in [4.78, 5) is 13.5. The van der Waals surface area contributed by atoms with Crippen LogP contribution in [-0.2, 0) is 11.2 Å². The van der Waals surface area contributed by atoms with Crippen molar-refractivity contribution >= 4 is 17.2 Å². The van der Waals surface area contributed by atoms with Crippen molar-refractivity contribution in [3.05, 3.63) is 52.2 Å². The smallest absolute Gasteiger partial charge is 0.227 e. The lowest BCUT2D eigenvalue weighted by Gasteiger charge is -2.25. The molecular weight excluding hydrogens is 270 g/mol. The van der Waals surface area contributed by atoms with E-state index in [9.17, 15) is 4.79 Å². The van der Waals surface area contributed by atoms with E-state index in [4.69, 9.17) is 4.74 Å². The maximum Gasteiger partial charge on any atom is 0.227 e. The molecule has 4 heteroatoms. The van der Waals surface area contributed by atoms with Crippen LogP contribution < -0.4 is 10.1 Å². The lowest BCUT2D eigenvalue weighted by Crippen LogP contribution is -2.38. The van der Waals surface area contributed by atoms with E-state index in [2.05, 4.69) is 5.32 Å². The number of thiophene rings is 1. The van der Waals surface area contributed by atoms with Crippen molar-refractivity contribution in [2.24, 2.45) is 5.92 Å². The zero-order valence-corrected chi connectivity index (χ0v) is 12.2. The largest absolute Gasteiger partial charge is 0.492 e. The van der Waals surface area contributed by atoms with Crippen LogP contribution in [0.2, 0.25) is 0 Å². The third kappa shape index (κ3) is 2.70. The summed E-state index contributed by atoms with van der Waals surface area (Å²) in [7, 11) is 0. The van der Waals surface area contributed by atoms with Crippen LogP contribution in [0.3, 0.4) is 0 Å². The molecular formula is C16H17NO2S. The van der Waals surface area contributed by atoms with Crippen LogP contribution >= 0.6 is 11.3 Å². The number of hydrogen-bond acceptors (Lipinski definition) is 3. The highest BCUT2D eigenvalue weighted by atomic mass is 32.1. The summed E-state index contributed by atoms with van der Waals surface area (Å²) in [5.74, 6) is 0.871. The van der Waals surface area contributed by atoms with Crippen LogP contribution in [0.1, 0.15) is 23.4 Å². The predicted molar refractivity (Wildman–Crippen MR) is 80.0 cm³/mol. The quantitative estimate of drug-likeness (QED) is 0.941. The number of benzene rings is 1.